The quantitative estimate of drug-likeness (QED) is 0.824. The van der Waals surface area contributed by atoms with Gasteiger partial charge in [0, 0.05) is 19.3 Å². The second kappa shape index (κ2) is 5.29. The van der Waals surface area contributed by atoms with Crippen molar-refractivity contribution in [2.45, 2.75) is 18.9 Å². The molecule has 0 radical (unpaired) electrons. The van der Waals surface area contributed by atoms with Gasteiger partial charge in [-0.15, -0.1) is 0 Å². The van der Waals surface area contributed by atoms with Crippen LogP contribution in [-0.4, -0.2) is 27.2 Å². The van der Waals surface area contributed by atoms with E-state index in [4.69, 9.17) is 0 Å². The molecule has 6 heteroatoms. The Morgan fingerprint density at radius 1 is 1.33 bits per heavy atom. The van der Waals surface area contributed by atoms with Crippen molar-refractivity contribution >= 4 is 17.2 Å². The predicted octanol–water partition coefficient (Wildman–Crippen LogP) is 0.663. The lowest BCUT2D eigenvalue weighted by Gasteiger charge is -2.25. The Bertz CT molecular complexity index is 813. The highest BCUT2D eigenvalue weighted by atomic mass is 16.2. The van der Waals surface area contributed by atoms with E-state index in [2.05, 4.69) is 16.9 Å². The summed E-state index contributed by atoms with van der Waals surface area (Å²) in [5, 5.41) is 3.26. The van der Waals surface area contributed by atoms with Crippen molar-refractivity contribution in [3.8, 4) is 0 Å². The Labute approximate surface area is 121 Å². The number of aryl methyl sites for hydroxylation is 1. The summed E-state index contributed by atoms with van der Waals surface area (Å²) in [6.07, 6.45) is 5.01. The van der Waals surface area contributed by atoms with Crippen molar-refractivity contribution in [2.75, 3.05) is 13.1 Å². The fourth-order valence-electron chi connectivity index (χ4n) is 2.86. The van der Waals surface area contributed by atoms with Crippen LogP contribution in [0.2, 0.25) is 0 Å². The Kier molecular flexibility index (Phi) is 3.47. The van der Waals surface area contributed by atoms with Gasteiger partial charge in [-0.3, -0.25) is 14.2 Å². The lowest BCUT2D eigenvalue weighted by Crippen LogP contribution is -2.44. The van der Waals surface area contributed by atoms with E-state index in [0.29, 0.717) is 11.2 Å². The number of pyridine rings is 1. The minimum Gasteiger partial charge on any atom is -0.317 e. The highest BCUT2D eigenvalue weighted by molar-refractivity contribution is 5.73. The maximum atomic E-state index is 12.4. The van der Waals surface area contributed by atoms with Gasteiger partial charge in [0.25, 0.3) is 0 Å². The van der Waals surface area contributed by atoms with Crippen LogP contribution in [0.1, 0.15) is 24.4 Å². The summed E-state index contributed by atoms with van der Waals surface area (Å²) in [6, 6.07) is 1.87. The average Bonchev–Trinajstić information content (AvgIpc) is 2.54. The fraction of sp³-hybridized carbons (Fsp3) is 0.400. The van der Waals surface area contributed by atoms with E-state index >= 15 is 0 Å². The Hall–Kier alpha value is -2.21. The van der Waals surface area contributed by atoms with Gasteiger partial charge in [0.1, 0.15) is 0 Å². The SMILES string of the molecule is C=Cc1cnc2c(c1)n(C)c(=O)c(=O)n2C1CCNCC1. The summed E-state index contributed by atoms with van der Waals surface area (Å²) in [6.45, 7) is 5.41. The van der Waals surface area contributed by atoms with E-state index in [-0.39, 0.29) is 6.04 Å². The number of aromatic nitrogens is 3. The summed E-state index contributed by atoms with van der Waals surface area (Å²) in [5.74, 6) is 0. The van der Waals surface area contributed by atoms with Gasteiger partial charge in [-0.05, 0) is 37.6 Å². The molecule has 1 saturated heterocycles. The van der Waals surface area contributed by atoms with Crippen molar-refractivity contribution in [3.05, 3.63) is 45.1 Å². The van der Waals surface area contributed by atoms with E-state index in [0.717, 1.165) is 31.5 Å². The van der Waals surface area contributed by atoms with Gasteiger partial charge in [0.05, 0.1) is 5.52 Å². The minimum absolute atomic E-state index is 0.0252. The number of fused-ring (bicyclic) bond motifs is 1. The largest absolute Gasteiger partial charge is 0.318 e. The summed E-state index contributed by atoms with van der Waals surface area (Å²) < 4.78 is 2.95. The highest BCUT2D eigenvalue weighted by Gasteiger charge is 2.21. The Morgan fingerprint density at radius 3 is 2.71 bits per heavy atom. The minimum atomic E-state index is -0.510. The first-order valence-corrected chi connectivity index (χ1v) is 7.08. The number of nitrogens with zero attached hydrogens (tertiary/aromatic N) is 3. The zero-order chi connectivity index (χ0) is 15.0. The van der Waals surface area contributed by atoms with E-state index in [1.54, 1.807) is 23.9 Å². The molecule has 0 saturated carbocycles. The average molecular weight is 286 g/mol. The molecule has 21 heavy (non-hydrogen) atoms. The molecule has 2 aromatic rings. The molecular weight excluding hydrogens is 268 g/mol. The molecule has 2 aromatic heterocycles. The smallest absolute Gasteiger partial charge is 0.317 e. The molecular formula is C15H18N4O2. The molecule has 0 atom stereocenters. The maximum absolute atomic E-state index is 12.4. The first-order chi connectivity index (χ1) is 10.1. The van der Waals surface area contributed by atoms with Crippen LogP contribution in [0.4, 0.5) is 0 Å². The highest BCUT2D eigenvalue weighted by Crippen LogP contribution is 2.20. The first kappa shape index (κ1) is 13.8. The van der Waals surface area contributed by atoms with Crippen LogP contribution in [0.5, 0.6) is 0 Å². The number of rotatable bonds is 2. The molecule has 1 N–H and O–H groups in total. The molecule has 0 spiro atoms. The summed E-state index contributed by atoms with van der Waals surface area (Å²) in [5.41, 5.74) is 1.06. The molecule has 3 rings (SSSR count). The second-order valence-corrected chi connectivity index (χ2v) is 5.34. The van der Waals surface area contributed by atoms with Crippen LogP contribution in [0.25, 0.3) is 17.2 Å². The summed E-state index contributed by atoms with van der Waals surface area (Å²) >= 11 is 0. The van der Waals surface area contributed by atoms with Gasteiger partial charge < -0.3 is 9.88 Å². The van der Waals surface area contributed by atoms with Crippen LogP contribution in [0.15, 0.2) is 28.4 Å². The maximum Gasteiger partial charge on any atom is 0.318 e. The third kappa shape index (κ3) is 2.21. The van der Waals surface area contributed by atoms with Crippen molar-refractivity contribution in [3.63, 3.8) is 0 Å². The second-order valence-electron chi connectivity index (χ2n) is 5.34. The van der Waals surface area contributed by atoms with E-state index in [1.165, 1.54) is 4.57 Å². The van der Waals surface area contributed by atoms with Crippen LogP contribution in [-0.2, 0) is 7.05 Å². The molecule has 0 amide bonds. The molecule has 0 bridgehead atoms. The molecule has 0 aromatic carbocycles. The van der Waals surface area contributed by atoms with E-state index in [1.807, 2.05) is 6.07 Å². The van der Waals surface area contributed by atoms with Crippen LogP contribution in [0.3, 0.4) is 0 Å². The number of hydrogen-bond acceptors (Lipinski definition) is 4. The van der Waals surface area contributed by atoms with Gasteiger partial charge in [-0.2, -0.15) is 0 Å². The van der Waals surface area contributed by atoms with Gasteiger partial charge in [-0.1, -0.05) is 12.7 Å². The molecule has 1 fully saturated rings. The standard InChI is InChI=1S/C15H18N4O2/c1-3-10-8-12-13(17-9-10)19(11-4-6-16-7-5-11)15(21)14(20)18(12)2/h3,8-9,11,16H,1,4-7H2,2H3. The Morgan fingerprint density at radius 2 is 2.05 bits per heavy atom. The lowest BCUT2D eigenvalue weighted by molar-refractivity contribution is 0.365. The van der Waals surface area contributed by atoms with Gasteiger partial charge in [0.15, 0.2) is 5.65 Å². The molecule has 0 aliphatic carbocycles. The van der Waals surface area contributed by atoms with Crippen molar-refractivity contribution in [1.82, 2.24) is 19.4 Å². The first-order valence-electron chi connectivity index (χ1n) is 7.08. The topological polar surface area (TPSA) is 68.9 Å². The molecule has 6 nitrogen and oxygen atoms in total. The number of hydrogen-bond donors (Lipinski definition) is 1. The van der Waals surface area contributed by atoms with Crippen LogP contribution < -0.4 is 16.4 Å². The van der Waals surface area contributed by atoms with Crippen molar-refractivity contribution in [1.29, 1.82) is 0 Å². The third-order valence-electron chi connectivity index (χ3n) is 4.07. The van der Waals surface area contributed by atoms with Crippen LogP contribution >= 0.6 is 0 Å². The van der Waals surface area contributed by atoms with Gasteiger partial charge in [0.2, 0.25) is 0 Å². The summed E-state index contributed by atoms with van der Waals surface area (Å²) in [7, 11) is 1.60. The molecule has 1 aliphatic heterocycles. The monoisotopic (exact) mass is 286 g/mol. The van der Waals surface area contributed by atoms with Crippen LogP contribution in [0, 0.1) is 0 Å². The normalized spacial score (nSPS) is 16.2. The Balaban J connectivity index is 2.34. The molecule has 3 heterocycles. The van der Waals surface area contributed by atoms with Crippen molar-refractivity contribution < 1.29 is 0 Å². The fourth-order valence-corrected chi connectivity index (χ4v) is 2.86. The predicted molar refractivity (Wildman–Crippen MR) is 82.5 cm³/mol. The number of piperidine rings is 1. The third-order valence-corrected chi connectivity index (χ3v) is 4.07. The zero-order valence-corrected chi connectivity index (χ0v) is 12.0. The van der Waals surface area contributed by atoms with Crippen molar-refractivity contribution in [2.24, 2.45) is 7.05 Å². The molecule has 0 unspecified atom stereocenters. The number of nitrogens with one attached hydrogen (secondary N) is 1. The molecule has 110 valence electrons. The van der Waals surface area contributed by atoms with E-state index in [9.17, 15) is 9.59 Å². The summed E-state index contributed by atoms with van der Waals surface area (Å²) in [4.78, 5) is 29.0. The van der Waals surface area contributed by atoms with E-state index < -0.39 is 11.1 Å². The molecule has 1 aliphatic rings. The lowest BCUT2D eigenvalue weighted by atomic mass is 10.1. The van der Waals surface area contributed by atoms with Gasteiger partial charge >= 0.3 is 11.1 Å². The zero-order valence-electron chi connectivity index (χ0n) is 12.0. The van der Waals surface area contributed by atoms with Gasteiger partial charge in [-0.25, -0.2) is 4.98 Å².